The van der Waals surface area contributed by atoms with Gasteiger partial charge in [0, 0.05) is 33.3 Å². The van der Waals surface area contributed by atoms with Gasteiger partial charge in [0.2, 0.25) is 11.8 Å². The molecule has 3 aromatic carbocycles. The molecular weight excluding hydrogens is 651 g/mol. The Morgan fingerprint density at radius 3 is 2.73 bits per heavy atom. The molecule has 0 aliphatic carbocycles. The number of fused-ring (bicyclic) bond motifs is 7. The number of amides is 1. The van der Waals surface area contributed by atoms with E-state index in [1.165, 1.54) is 0 Å². The minimum atomic E-state index is -1.03. The zero-order valence-corrected chi connectivity index (χ0v) is 27.3. The van der Waals surface area contributed by atoms with Crippen LogP contribution < -0.4 is 21.1 Å². The normalized spacial score (nSPS) is 23.4. The molecule has 3 unspecified atom stereocenters. The number of nitrogens with one attached hydrogen (secondary N) is 3. The number of aromatic amines is 1. The van der Waals surface area contributed by atoms with Crippen molar-refractivity contribution in [3.8, 4) is 39.8 Å². The van der Waals surface area contributed by atoms with Gasteiger partial charge in [0.15, 0.2) is 28.6 Å². The number of oxazole rings is 2. The van der Waals surface area contributed by atoms with E-state index in [0.29, 0.717) is 46.0 Å². The van der Waals surface area contributed by atoms with Crippen LogP contribution >= 0.6 is 23.2 Å². The number of H-pyrrole nitrogens is 1. The van der Waals surface area contributed by atoms with E-state index in [0.717, 1.165) is 50.8 Å². The van der Waals surface area contributed by atoms with Gasteiger partial charge in [-0.05, 0) is 35.6 Å². The summed E-state index contributed by atoms with van der Waals surface area (Å²) < 4.78 is 20.3. The molecule has 10 bridgehead atoms. The van der Waals surface area contributed by atoms with Crippen LogP contribution in [0.3, 0.4) is 0 Å². The molecule has 0 radical (unpaired) electrons. The van der Waals surface area contributed by atoms with Crippen LogP contribution in [0, 0.1) is 5.92 Å². The van der Waals surface area contributed by atoms with Gasteiger partial charge < -0.3 is 34.9 Å². The topological polar surface area (TPSA) is 144 Å². The van der Waals surface area contributed by atoms with Crippen LogP contribution in [0.4, 0.5) is 5.69 Å². The maximum Gasteiger partial charge on any atom is 0.250 e. The lowest BCUT2D eigenvalue weighted by Crippen LogP contribution is -2.45. The molecule has 48 heavy (non-hydrogen) atoms. The van der Waals surface area contributed by atoms with Crippen LogP contribution in [-0.4, -0.2) is 33.1 Å². The SMILES string of the molecule is CCC(C)[C@@H]1NC(=O)[C@@H](N)Cc2ccc3c(c2)C24c5cccc(c5NC2O3)-c2cccc3[nH]c(Cl)c(c23)-c2oc(nc2Cl)-c2nc1oc24. The van der Waals surface area contributed by atoms with E-state index in [1.54, 1.807) is 0 Å². The number of anilines is 1. The van der Waals surface area contributed by atoms with Crippen molar-refractivity contribution in [2.24, 2.45) is 11.7 Å². The number of aromatic nitrogens is 3. The van der Waals surface area contributed by atoms with Crippen molar-refractivity contribution >= 4 is 45.7 Å². The number of carbonyl (C=O) groups excluding carboxylic acids is 1. The minimum Gasteiger partial charge on any atom is -0.469 e. The Morgan fingerprint density at radius 1 is 1.04 bits per heavy atom. The number of rotatable bonds is 2. The van der Waals surface area contributed by atoms with Gasteiger partial charge in [-0.25, -0.2) is 4.98 Å². The van der Waals surface area contributed by atoms with E-state index < -0.39 is 23.7 Å². The summed E-state index contributed by atoms with van der Waals surface area (Å²) >= 11 is 13.8. The lowest BCUT2D eigenvalue weighted by atomic mass is 9.72. The maximum absolute atomic E-state index is 13.5. The highest BCUT2D eigenvalue weighted by atomic mass is 35.5. The van der Waals surface area contributed by atoms with Crippen molar-refractivity contribution in [1.29, 1.82) is 0 Å². The van der Waals surface area contributed by atoms with E-state index >= 15 is 0 Å². The number of nitrogens with two attached hydrogens (primary N) is 1. The highest BCUT2D eigenvalue weighted by molar-refractivity contribution is 6.37. The van der Waals surface area contributed by atoms with E-state index in [2.05, 4.69) is 46.8 Å². The maximum atomic E-state index is 13.5. The fraction of sp³-hybridized carbons (Fsp3) is 0.250. The van der Waals surface area contributed by atoms with Crippen molar-refractivity contribution in [2.45, 2.75) is 50.4 Å². The molecule has 1 spiro atoms. The van der Waals surface area contributed by atoms with Crippen molar-refractivity contribution in [3.05, 3.63) is 93.2 Å². The second-order valence-electron chi connectivity index (χ2n) is 13.1. The molecule has 7 heterocycles. The van der Waals surface area contributed by atoms with E-state index in [4.69, 9.17) is 52.5 Å². The highest BCUT2D eigenvalue weighted by Gasteiger charge is 2.61. The average molecular weight is 680 g/mol. The van der Waals surface area contributed by atoms with Gasteiger partial charge in [-0.2, -0.15) is 4.98 Å². The van der Waals surface area contributed by atoms with Crippen molar-refractivity contribution in [1.82, 2.24) is 20.3 Å². The van der Waals surface area contributed by atoms with Crippen molar-refractivity contribution in [3.63, 3.8) is 0 Å². The minimum absolute atomic E-state index is 0.0437. The second kappa shape index (κ2) is 9.65. The smallest absolute Gasteiger partial charge is 0.250 e. The first kappa shape index (κ1) is 28.3. The molecule has 4 aliphatic rings. The third kappa shape index (κ3) is 3.49. The Bertz CT molecular complexity index is 2380. The summed E-state index contributed by atoms with van der Waals surface area (Å²) in [6, 6.07) is 16.8. The zero-order chi connectivity index (χ0) is 32.6. The fourth-order valence-electron chi connectivity index (χ4n) is 8.03. The molecule has 3 aromatic heterocycles. The van der Waals surface area contributed by atoms with Gasteiger partial charge in [0.05, 0.1) is 11.6 Å². The van der Waals surface area contributed by atoms with Gasteiger partial charge in [-0.3, -0.25) is 4.79 Å². The summed E-state index contributed by atoms with van der Waals surface area (Å²) in [6.45, 7) is 4.10. The summed E-state index contributed by atoms with van der Waals surface area (Å²) in [5.74, 6) is 1.60. The molecule has 4 aliphatic heterocycles. The van der Waals surface area contributed by atoms with Gasteiger partial charge in [0.1, 0.15) is 22.4 Å². The van der Waals surface area contributed by atoms with Crippen LogP contribution in [-0.2, 0) is 16.6 Å². The summed E-state index contributed by atoms with van der Waals surface area (Å²) in [5, 5.41) is 8.25. The quantitative estimate of drug-likeness (QED) is 0.149. The second-order valence-corrected chi connectivity index (χ2v) is 13.8. The lowest BCUT2D eigenvalue weighted by Gasteiger charge is -2.28. The Hall–Kier alpha value is -4.77. The predicted molar refractivity (Wildman–Crippen MR) is 181 cm³/mol. The van der Waals surface area contributed by atoms with Gasteiger partial charge in [-0.15, -0.1) is 0 Å². The van der Waals surface area contributed by atoms with Crippen LogP contribution in [0.25, 0.3) is 44.9 Å². The monoisotopic (exact) mass is 678 g/mol. The van der Waals surface area contributed by atoms with Crippen LogP contribution in [0.2, 0.25) is 10.3 Å². The number of ether oxygens (including phenoxy) is 1. The number of carbonyl (C=O) groups is 1. The average Bonchev–Trinajstić information content (AvgIpc) is 3.88. The summed E-state index contributed by atoms with van der Waals surface area (Å²) in [6.07, 6.45) is 0.464. The molecule has 10 nitrogen and oxygen atoms in total. The van der Waals surface area contributed by atoms with Crippen LogP contribution in [0.5, 0.6) is 5.75 Å². The Kier molecular flexibility index (Phi) is 5.68. The molecule has 240 valence electrons. The molecule has 5 N–H and O–H groups in total. The molecule has 0 saturated carbocycles. The van der Waals surface area contributed by atoms with Crippen molar-refractivity contribution in [2.75, 3.05) is 5.32 Å². The molecule has 1 amide bonds. The lowest BCUT2D eigenvalue weighted by molar-refractivity contribution is -0.123. The number of para-hydroxylation sites is 1. The first-order valence-corrected chi connectivity index (χ1v) is 16.8. The molecular formula is C36H28Cl2N6O4. The van der Waals surface area contributed by atoms with Gasteiger partial charge in [-0.1, -0.05) is 85.9 Å². The third-order valence-corrected chi connectivity index (χ3v) is 11.1. The third-order valence-electron chi connectivity index (χ3n) is 10.5. The van der Waals surface area contributed by atoms with Crippen LogP contribution in [0.15, 0.2) is 63.4 Å². The number of halogens is 2. The molecule has 12 heteroatoms. The number of hydrogen-bond acceptors (Lipinski definition) is 8. The molecule has 5 atom stereocenters. The first-order valence-electron chi connectivity index (χ1n) is 16.0. The van der Waals surface area contributed by atoms with Crippen molar-refractivity contribution < 1.29 is 18.4 Å². The highest BCUT2D eigenvalue weighted by Crippen LogP contribution is 2.62. The number of benzene rings is 3. The van der Waals surface area contributed by atoms with Gasteiger partial charge >= 0.3 is 0 Å². The largest absolute Gasteiger partial charge is 0.469 e. The van der Waals surface area contributed by atoms with E-state index in [1.807, 2.05) is 37.3 Å². The standard InChI is InChI=1S/C36H28Cl2N6O4/c1-3-14(2)25-33-42-27-29(48-33)36-18-8-4-7-17(16-6-5-9-21-23(16)24(30(37)40-21)28-31(38)44-34(27)47-28)26(18)43-35(36)46-22-11-10-15(12-19(22)36)13-20(39)32(45)41-25/h4-12,14,20,25,35,40,43H,3,13,39H2,1-2H3,(H,41,45)/t14?,20-,25-,35?,36?/m0/s1. The Morgan fingerprint density at radius 2 is 1.88 bits per heavy atom. The molecule has 10 rings (SSSR count). The summed E-state index contributed by atoms with van der Waals surface area (Å²) in [7, 11) is 0. The van der Waals surface area contributed by atoms with E-state index in [9.17, 15) is 4.79 Å². The zero-order valence-electron chi connectivity index (χ0n) is 25.8. The molecule has 0 saturated heterocycles. The predicted octanol–water partition coefficient (Wildman–Crippen LogP) is 7.33. The summed E-state index contributed by atoms with van der Waals surface area (Å²) in [5.41, 5.74) is 12.7. The molecule has 6 aromatic rings. The van der Waals surface area contributed by atoms with E-state index in [-0.39, 0.29) is 22.9 Å². The van der Waals surface area contributed by atoms with Crippen LogP contribution in [0.1, 0.15) is 54.7 Å². The fourth-order valence-corrected chi connectivity index (χ4v) is 8.53. The Balaban J connectivity index is 1.40. The number of nitrogens with zero attached hydrogens (tertiary/aromatic N) is 2. The number of hydrogen-bond donors (Lipinski definition) is 4. The first-order chi connectivity index (χ1) is 23.3. The Labute approximate surface area is 284 Å². The summed E-state index contributed by atoms with van der Waals surface area (Å²) in [4.78, 5) is 26.7. The molecule has 0 fully saturated rings. The van der Waals surface area contributed by atoms with Gasteiger partial charge in [0.25, 0.3) is 5.89 Å².